The first kappa shape index (κ1) is 24.4. The number of benzene rings is 2. The van der Waals surface area contributed by atoms with Crippen LogP contribution in [0.1, 0.15) is 32.7 Å². The van der Waals surface area contributed by atoms with Crippen molar-refractivity contribution in [3.63, 3.8) is 0 Å². The monoisotopic (exact) mass is 538 g/mol. The molecule has 1 atom stereocenters. The van der Waals surface area contributed by atoms with Crippen molar-refractivity contribution in [1.82, 2.24) is 20.0 Å². The number of rotatable bonds is 5. The maximum atomic E-state index is 13.4. The van der Waals surface area contributed by atoms with Crippen LogP contribution in [0, 0.1) is 0 Å². The van der Waals surface area contributed by atoms with Crippen molar-refractivity contribution in [2.45, 2.75) is 38.0 Å². The summed E-state index contributed by atoms with van der Waals surface area (Å²) in [6.45, 7) is 8.10. The van der Waals surface area contributed by atoms with Gasteiger partial charge >= 0.3 is 0 Å². The normalized spacial score (nSPS) is 12.8. The third-order valence-corrected chi connectivity index (χ3v) is 8.37. The second-order valence-electron chi connectivity index (χ2n) is 8.34. The van der Waals surface area contributed by atoms with Gasteiger partial charge in [-0.1, -0.05) is 86.0 Å². The van der Waals surface area contributed by atoms with Crippen molar-refractivity contribution >= 4 is 56.9 Å². The van der Waals surface area contributed by atoms with E-state index < -0.39 is 10.8 Å². The van der Waals surface area contributed by atoms with E-state index >= 15 is 0 Å². The lowest BCUT2D eigenvalue weighted by Gasteiger charge is -2.12. The fraction of sp³-hybridized carbons (Fsp3) is 0.261. The first-order valence-electron chi connectivity index (χ1n) is 10.2. The summed E-state index contributed by atoms with van der Waals surface area (Å²) in [6.07, 6.45) is 0. The van der Waals surface area contributed by atoms with E-state index in [-0.39, 0.29) is 5.41 Å². The van der Waals surface area contributed by atoms with E-state index in [9.17, 15) is 4.21 Å². The Balaban J connectivity index is 2.06. The second-order valence-corrected chi connectivity index (χ2v) is 12.3. The maximum Gasteiger partial charge on any atom is 0.169 e. The highest BCUT2D eigenvalue weighted by Gasteiger charge is 2.29. The molecule has 0 aliphatic heterocycles. The van der Waals surface area contributed by atoms with Crippen LogP contribution in [0.5, 0.6) is 0 Å². The second kappa shape index (κ2) is 9.47. The zero-order chi connectivity index (χ0) is 23.9. The molecule has 0 bridgehead atoms. The molecule has 0 saturated carbocycles. The van der Waals surface area contributed by atoms with E-state index in [4.69, 9.17) is 39.9 Å². The zero-order valence-electron chi connectivity index (χ0n) is 18.4. The van der Waals surface area contributed by atoms with Crippen molar-refractivity contribution in [3.05, 3.63) is 62.5 Å². The fourth-order valence-corrected chi connectivity index (χ4v) is 5.85. The van der Waals surface area contributed by atoms with Gasteiger partial charge in [0.15, 0.2) is 5.01 Å². The molecule has 4 rings (SSSR count). The topological polar surface area (TPSA) is 60.7 Å². The number of hydrogen-bond acceptors (Lipinski definition) is 5. The van der Waals surface area contributed by atoms with E-state index in [0.717, 1.165) is 10.6 Å². The van der Waals surface area contributed by atoms with Crippen molar-refractivity contribution in [1.29, 1.82) is 0 Å². The average molecular weight is 540 g/mol. The Kier molecular flexibility index (Phi) is 6.99. The molecule has 33 heavy (non-hydrogen) atoms. The average Bonchev–Trinajstić information content (AvgIpc) is 3.39. The summed E-state index contributed by atoms with van der Waals surface area (Å²) in [6, 6.07) is 12.5. The van der Waals surface area contributed by atoms with E-state index in [1.54, 1.807) is 35.0 Å². The van der Waals surface area contributed by atoms with Crippen LogP contribution >= 0.6 is 46.1 Å². The van der Waals surface area contributed by atoms with Gasteiger partial charge in [-0.2, -0.15) is 5.10 Å². The van der Waals surface area contributed by atoms with Gasteiger partial charge < -0.3 is 0 Å². The molecule has 0 N–H and O–H groups in total. The number of hydrogen-bond donors (Lipinski definition) is 0. The minimum Gasteiger partial charge on any atom is -0.254 e. The lowest BCUT2D eigenvalue weighted by molar-refractivity contribution is 0.578. The van der Waals surface area contributed by atoms with E-state index in [1.165, 1.54) is 11.3 Å². The van der Waals surface area contributed by atoms with Crippen molar-refractivity contribution < 1.29 is 4.21 Å². The Labute approximate surface area is 214 Å². The summed E-state index contributed by atoms with van der Waals surface area (Å²) in [7, 11) is -1.34. The van der Waals surface area contributed by atoms with Gasteiger partial charge in [-0.25, -0.2) is 4.68 Å². The Morgan fingerprint density at radius 3 is 2.24 bits per heavy atom. The quantitative estimate of drug-likeness (QED) is 0.264. The molecule has 1 unspecified atom stereocenters. The molecular formula is C23H21Cl3N4OS2. The summed E-state index contributed by atoms with van der Waals surface area (Å²) in [4.78, 5) is 0.586. The van der Waals surface area contributed by atoms with Gasteiger partial charge in [0.1, 0.15) is 10.7 Å². The summed E-state index contributed by atoms with van der Waals surface area (Å²) in [5, 5.41) is 16.7. The lowest BCUT2D eigenvalue weighted by atomic mass is 9.98. The Bertz CT molecular complexity index is 1340. The first-order valence-corrected chi connectivity index (χ1v) is 13.4. The van der Waals surface area contributed by atoms with Crippen LogP contribution < -0.4 is 0 Å². The molecule has 172 valence electrons. The third-order valence-electron chi connectivity index (χ3n) is 4.86. The molecule has 10 heteroatoms. The van der Waals surface area contributed by atoms with Gasteiger partial charge in [0.25, 0.3) is 0 Å². The smallest absolute Gasteiger partial charge is 0.169 e. The molecular weight excluding hydrogens is 519 g/mol. The maximum absolute atomic E-state index is 13.4. The van der Waals surface area contributed by atoms with Crippen LogP contribution in [-0.4, -0.2) is 29.9 Å². The molecule has 0 radical (unpaired) electrons. The van der Waals surface area contributed by atoms with Crippen LogP contribution in [0.2, 0.25) is 15.1 Å². The molecule has 4 aromatic rings. The molecule has 2 aromatic carbocycles. The highest BCUT2D eigenvalue weighted by Crippen LogP contribution is 2.40. The molecule has 5 nitrogen and oxygen atoms in total. The molecule has 0 fully saturated rings. The van der Waals surface area contributed by atoms with Gasteiger partial charge in [-0.3, -0.25) is 4.21 Å². The van der Waals surface area contributed by atoms with Crippen LogP contribution in [0.15, 0.2) is 47.4 Å². The predicted molar refractivity (Wildman–Crippen MR) is 139 cm³/mol. The molecule has 0 spiro atoms. The van der Waals surface area contributed by atoms with Crippen molar-refractivity contribution in [3.8, 4) is 27.6 Å². The number of nitrogens with zero attached hydrogens (tertiary/aromatic N) is 4. The fourth-order valence-electron chi connectivity index (χ4n) is 3.21. The van der Waals surface area contributed by atoms with Gasteiger partial charge in [-0.15, -0.1) is 10.2 Å². The van der Waals surface area contributed by atoms with Crippen LogP contribution in [0.3, 0.4) is 0 Å². The van der Waals surface area contributed by atoms with E-state index in [0.29, 0.717) is 47.8 Å². The highest BCUT2D eigenvalue weighted by molar-refractivity contribution is 7.85. The third kappa shape index (κ3) is 4.88. The van der Waals surface area contributed by atoms with Crippen LogP contribution in [-0.2, 0) is 16.2 Å². The molecule has 2 aromatic heterocycles. The molecule has 0 amide bonds. The van der Waals surface area contributed by atoms with Crippen molar-refractivity contribution in [2.24, 2.45) is 0 Å². The SMILES string of the molecule is CCS(=O)c1c(-c2nnc(C(C)(C)C)s2)nn(-c2ccc(Cl)cc2Cl)c1-c1ccc(Cl)cc1. The largest absolute Gasteiger partial charge is 0.254 e. The lowest BCUT2D eigenvalue weighted by Crippen LogP contribution is -2.10. The van der Waals surface area contributed by atoms with Gasteiger partial charge in [0, 0.05) is 26.8 Å². The van der Waals surface area contributed by atoms with E-state index in [2.05, 4.69) is 31.0 Å². The van der Waals surface area contributed by atoms with Crippen LogP contribution in [0.4, 0.5) is 0 Å². The molecule has 0 aliphatic rings. The zero-order valence-corrected chi connectivity index (χ0v) is 22.3. The first-order chi connectivity index (χ1) is 15.6. The summed E-state index contributed by atoms with van der Waals surface area (Å²) >= 11 is 20.3. The minimum atomic E-state index is -1.34. The van der Waals surface area contributed by atoms with Gasteiger partial charge in [-0.05, 0) is 30.3 Å². The Morgan fingerprint density at radius 1 is 1.00 bits per heavy atom. The van der Waals surface area contributed by atoms with Crippen molar-refractivity contribution in [2.75, 3.05) is 5.75 Å². The Morgan fingerprint density at radius 2 is 1.67 bits per heavy atom. The van der Waals surface area contributed by atoms with E-state index in [1.807, 2.05) is 19.1 Å². The summed E-state index contributed by atoms with van der Waals surface area (Å²) in [5.41, 5.74) is 2.45. The summed E-state index contributed by atoms with van der Waals surface area (Å²) in [5.74, 6) is 0.415. The molecule has 0 aliphatic carbocycles. The summed E-state index contributed by atoms with van der Waals surface area (Å²) < 4.78 is 15.1. The highest BCUT2D eigenvalue weighted by atomic mass is 35.5. The number of halogens is 3. The number of aromatic nitrogens is 4. The Hall–Kier alpha value is -1.77. The molecule has 2 heterocycles. The minimum absolute atomic E-state index is 0.166. The molecule has 0 saturated heterocycles. The van der Waals surface area contributed by atoms with Gasteiger partial charge in [0.2, 0.25) is 0 Å². The standard InChI is InChI=1S/C23H21Cl3N4OS2/c1-5-33(31)20-18(21-27-28-22(32-21)23(2,3)4)29-30(17-11-10-15(25)12-16(17)26)19(20)13-6-8-14(24)9-7-13/h6-12H,5H2,1-4H3. The predicted octanol–water partition coefficient (Wildman–Crippen LogP) is 7.44. The van der Waals surface area contributed by atoms with Crippen LogP contribution in [0.25, 0.3) is 27.6 Å². The van der Waals surface area contributed by atoms with Gasteiger partial charge in [0.05, 0.1) is 32.1 Å².